The van der Waals surface area contributed by atoms with Crippen molar-refractivity contribution in [3.05, 3.63) is 29.8 Å². The molecule has 100 valence electrons. The lowest BCUT2D eigenvalue weighted by Crippen LogP contribution is -2.38. The molecule has 0 radical (unpaired) electrons. The van der Waals surface area contributed by atoms with Gasteiger partial charge in [-0.25, -0.2) is 0 Å². The van der Waals surface area contributed by atoms with Crippen LogP contribution >= 0.6 is 0 Å². The van der Waals surface area contributed by atoms with Crippen molar-refractivity contribution in [3.8, 4) is 0 Å². The summed E-state index contributed by atoms with van der Waals surface area (Å²) >= 11 is 0. The van der Waals surface area contributed by atoms with Crippen molar-refractivity contribution in [2.45, 2.75) is 19.4 Å². The fourth-order valence-corrected chi connectivity index (χ4v) is 3.58. The minimum absolute atomic E-state index is 0.397. The van der Waals surface area contributed by atoms with E-state index >= 15 is 0 Å². The number of benzene rings is 1. The zero-order valence-corrected chi connectivity index (χ0v) is 12.0. The summed E-state index contributed by atoms with van der Waals surface area (Å²) in [7, 11) is 1.40. The number of para-hydroxylation sites is 1. The summed E-state index contributed by atoms with van der Waals surface area (Å²) in [6.07, 6.45) is 1.08. The monoisotopic (exact) mass is 266 g/mol. The highest BCUT2D eigenvalue weighted by molar-refractivity contribution is 7.85. The second-order valence-corrected chi connectivity index (χ2v) is 6.34. The molecule has 0 aromatic heterocycles. The van der Waals surface area contributed by atoms with E-state index < -0.39 is 10.8 Å². The van der Waals surface area contributed by atoms with Crippen LogP contribution in [0.2, 0.25) is 0 Å². The first-order valence-corrected chi connectivity index (χ1v) is 8.11. The first kappa shape index (κ1) is 13.6. The zero-order valence-electron chi connectivity index (χ0n) is 11.2. The summed E-state index contributed by atoms with van der Waals surface area (Å²) in [5, 5.41) is 3.37. The Morgan fingerprint density at radius 1 is 1.33 bits per heavy atom. The summed E-state index contributed by atoms with van der Waals surface area (Å²) in [6, 6.07) is 8.97. The van der Waals surface area contributed by atoms with Gasteiger partial charge in [0.25, 0.3) is 0 Å². The molecule has 1 aliphatic heterocycles. The molecule has 2 rings (SSSR count). The molecule has 0 spiro atoms. The molecule has 0 amide bonds. The predicted molar refractivity (Wildman–Crippen MR) is 78.6 cm³/mol. The van der Waals surface area contributed by atoms with E-state index in [0.29, 0.717) is 6.04 Å². The van der Waals surface area contributed by atoms with E-state index in [9.17, 15) is 4.21 Å². The highest BCUT2D eigenvalue weighted by Crippen LogP contribution is 2.28. The van der Waals surface area contributed by atoms with Gasteiger partial charge in [-0.15, -0.1) is 0 Å². The molecule has 1 unspecified atom stereocenters. The number of hydrogen-bond acceptors (Lipinski definition) is 3. The van der Waals surface area contributed by atoms with Crippen LogP contribution in [-0.2, 0) is 10.8 Å². The average molecular weight is 266 g/mol. The minimum Gasteiger partial charge on any atom is -0.369 e. The molecule has 4 heteroatoms. The van der Waals surface area contributed by atoms with E-state index in [-0.39, 0.29) is 0 Å². The van der Waals surface area contributed by atoms with Crippen molar-refractivity contribution in [2.24, 2.45) is 0 Å². The second-order valence-electron chi connectivity index (χ2n) is 4.64. The lowest BCUT2D eigenvalue weighted by atomic mass is 10.0. The molecular weight excluding hydrogens is 244 g/mol. The summed E-state index contributed by atoms with van der Waals surface area (Å²) in [5.41, 5.74) is 2.66. The van der Waals surface area contributed by atoms with E-state index in [0.717, 1.165) is 31.0 Å². The van der Waals surface area contributed by atoms with E-state index in [1.807, 2.05) is 7.05 Å². The third-order valence-corrected chi connectivity index (χ3v) is 4.86. The predicted octanol–water partition coefficient (Wildman–Crippen LogP) is 1.93. The number of nitrogens with one attached hydrogen (secondary N) is 1. The summed E-state index contributed by atoms with van der Waals surface area (Å²) in [6.45, 7) is 4.01. The Balaban J connectivity index is 2.24. The van der Waals surface area contributed by atoms with E-state index in [1.54, 1.807) is 0 Å². The van der Waals surface area contributed by atoms with Gasteiger partial charge in [0.05, 0.1) is 0 Å². The van der Waals surface area contributed by atoms with Gasteiger partial charge in [0.15, 0.2) is 0 Å². The maximum absolute atomic E-state index is 11.4. The highest BCUT2D eigenvalue weighted by Gasteiger charge is 2.20. The van der Waals surface area contributed by atoms with Crippen LogP contribution in [0.15, 0.2) is 24.3 Å². The number of nitrogens with zero attached hydrogens (tertiary/aromatic N) is 1. The van der Waals surface area contributed by atoms with Gasteiger partial charge in [-0.3, -0.25) is 4.21 Å². The fourth-order valence-electron chi connectivity index (χ4n) is 2.53. The Bertz CT molecular complexity index is 408. The first-order chi connectivity index (χ1) is 8.76. The number of anilines is 1. The third kappa shape index (κ3) is 2.93. The van der Waals surface area contributed by atoms with E-state index in [2.05, 4.69) is 41.4 Å². The molecule has 1 heterocycles. The molecule has 0 aliphatic carbocycles. The number of rotatable bonds is 4. The van der Waals surface area contributed by atoms with Crippen LogP contribution in [-0.4, -0.2) is 35.9 Å². The smallest absolute Gasteiger partial charge is 0.0415 e. The molecule has 1 aromatic carbocycles. The van der Waals surface area contributed by atoms with E-state index in [1.165, 1.54) is 11.3 Å². The molecule has 0 saturated carbocycles. The van der Waals surface area contributed by atoms with Crippen molar-refractivity contribution >= 4 is 16.5 Å². The van der Waals surface area contributed by atoms with Crippen LogP contribution in [0.25, 0.3) is 0 Å². The fraction of sp³-hybridized carbons (Fsp3) is 0.571. The molecule has 18 heavy (non-hydrogen) atoms. The van der Waals surface area contributed by atoms with Crippen molar-refractivity contribution < 1.29 is 4.21 Å². The minimum atomic E-state index is -0.613. The summed E-state index contributed by atoms with van der Waals surface area (Å²) < 4.78 is 11.4. The van der Waals surface area contributed by atoms with Gasteiger partial charge < -0.3 is 10.2 Å². The molecule has 1 fully saturated rings. The Labute approximate surface area is 112 Å². The number of hydrogen-bond donors (Lipinski definition) is 1. The SMILES string of the molecule is CCC(NC)c1ccccc1N1CCS(=O)CC1. The average Bonchev–Trinajstić information content (AvgIpc) is 2.42. The quantitative estimate of drug-likeness (QED) is 0.904. The van der Waals surface area contributed by atoms with E-state index in [4.69, 9.17) is 0 Å². The van der Waals surface area contributed by atoms with Crippen LogP contribution in [0.4, 0.5) is 5.69 Å². The Hall–Kier alpha value is -0.870. The topological polar surface area (TPSA) is 32.3 Å². The van der Waals surface area contributed by atoms with Crippen LogP contribution < -0.4 is 10.2 Å². The normalized spacial score (nSPS) is 18.9. The van der Waals surface area contributed by atoms with Crippen LogP contribution in [0, 0.1) is 0 Å². The van der Waals surface area contributed by atoms with Crippen LogP contribution in [0.1, 0.15) is 24.9 Å². The Kier molecular flexibility index (Phi) is 4.78. The first-order valence-electron chi connectivity index (χ1n) is 6.62. The van der Waals surface area contributed by atoms with Gasteiger partial charge in [0, 0.05) is 47.1 Å². The van der Waals surface area contributed by atoms with Crippen LogP contribution in [0.5, 0.6) is 0 Å². The maximum Gasteiger partial charge on any atom is 0.0415 e. The van der Waals surface area contributed by atoms with Crippen molar-refractivity contribution in [1.29, 1.82) is 0 Å². The maximum atomic E-state index is 11.4. The summed E-state index contributed by atoms with van der Waals surface area (Å²) in [5.74, 6) is 1.59. The molecule has 1 saturated heterocycles. The van der Waals surface area contributed by atoms with Crippen molar-refractivity contribution in [1.82, 2.24) is 5.32 Å². The molecule has 1 aromatic rings. The van der Waals surface area contributed by atoms with Crippen molar-refractivity contribution in [2.75, 3.05) is 36.5 Å². The molecule has 1 atom stereocenters. The molecule has 0 bridgehead atoms. The highest BCUT2D eigenvalue weighted by atomic mass is 32.2. The largest absolute Gasteiger partial charge is 0.369 e. The molecule has 3 nitrogen and oxygen atoms in total. The molecular formula is C14H22N2OS. The Morgan fingerprint density at radius 2 is 2.00 bits per heavy atom. The zero-order chi connectivity index (χ0) is 13.0. The van der Waals surface area contributed by atoms with Gasteiger partial charge in [-0.2, -0.15) is 0 Å². The standard InChI is InChI=1S/C14H22N2OS/c1-3-13(15-2)12-6-4-5-7-14(12)16-8-10-18(17)11-9-16/h4-7,13,15H,3,8-11H2,1-2H3. The van der Waals surface area contributed by atoms with Crippen LogP contribution in [0.3, 0.4) is 0 Å². The third-order valence-electron chi connectivity index (χ3n) is 3.59. The summed E-state index contributed by atoms with van der Waals surface area (Å²) in [4.78, 5) is 2.37. The van der Waals surface area contributed by atoms with Crippen molar-refractivity contribution in [3.63, 3.8) is 0 Å². The van der Waals surface area contributed by atoms with Gasteiger partial charge in [0.1, 0.15) is 0 Å². The molecule has 1 N–H and O–H groups in total. The second kappa shape index (κ2) is 6.34. The van der Waals surface area contributed by atoms with Gasteiger partial charge in [-0.1, -0.05) is 25.1 Å². The van der Waals surface area contributed by atoms with Gasteiger partial charge >= 0.3 is 0 Å². The van der Waals surface area contributed by atoms with Gasteiger partial charge in [-0.05, 0) is 25.1 Å². The lowest BCUT2D eigenvalue weighted by molar-refractivity contribution is 0.575. The molecule has 1 aliphatic rings. The lowest BCUT2D eigenvalue weighted by Gasteiger charge is -2.32. The van der Waals surface area contributed by atoms with Gasteiger partial charge in [0.2, 0.25) is 0 Å². The Morgan fingerprint density at radius 3 is 2.61 bits per heavy atom.